The summed E-state index contributed by atoms with van der Waals surface area (Å²) in [6.07, 6.45) is 0. The molecule has 5 nitrogen and oxygen atoms in total. The summed E-state index contributed by atoms with van der Waals surface area (Å²) >= 11 is 0. The van der Waals surface area contributed by atoms with Crippen molar-refractivity contribution < 1.29 is 19.8 Å². The first-order chi connectivity index (χ1) is 10.1. The average molecular weight is 307 g/mol. The number of hydrogen-bond donors (Lipinski definition) is 2. The van der Waals surface area contributed by atoms with Gasteiger partial charge in [-0.15, -0.1) is 0 Å². The van der Waals surface area contributed by atoms with Gasteiger partial charge in [0.2, 0.25) is 0 Å². The van der Waals surface area contributed by atoms with Crippen molar-refractivity contribution in [2.75, 3.05) is 13.1 Å². The van der Waals surface area contributed by atoms with E-state index < -0.39 is 11.9 Å². The highest BCUT2D eigenvalue weighted by Crippen LogP contribution is 2.31. The Balaban J connectivity index is 2.84. The van der Waals surface area contributed by atoms with Gasteiger partial charge >= 0.3 is 11.9 Å². The minimum Gasteiger partial charge on any atom is -0.480 e. The molecule has 0 aliphatic rings. The van der Waals surface area contributed by atoms with Crippen LogP contribution in [0, 0.1) is 5.92 Å². The first-order valence-corrected chi connectivity index (χ1v) is 7.38. The Labute approximate surface area is 131 Å². The third-order valence-electron chi connectivity index (χ3n) is 4.27. The molecule has 5 heteroatoms. The summed E-state index contributed by atoms with van der Waals surface area (Å²) in [5, 5.41) is 17.7. The van der Waals surface area contributed by atoms with Crippen LogP contribution in [-0.4, -0.2) is 40.1 Å². The Morgan fingerprint density at radius 1 is 1.05 bits per heavy atom. The van der Waals surface area contributed by atoms with Gasteiger partial charge in [-0.05, 0) is 22.5 Å². The average Bonchev–Trinajstić information content (AvgIpc) is 2.37. The molecule has 0 fully saturated rings. The number of rotatable bonds is 8. The van der Waals surface area contributed by atoms with Crippen LogP contribution in [-0.2, 0) is 21.5 Å². The molecule has 0 saturated carbocycles. The Bertz CT molecular complexity index is 504. The van der Waals surface area contributed by atoms with Crippen LogP contribution in [0.15, 0.2) is 24.3 Å². The molecule has 0 unspecified atom stereocenters. The minimum atomic E-state index is -1.03. The fourth-order valence-electron chi connectivity index (χ4n) is 2.18. The van der Waals surface area contributed by atoms with Crippen LogP contribution in [0.3, 0.4) is 0 Å². The fourth-order valence-corrected chi connectivity index (χ4v) is 2.18. The van der Waals surface area contributed by atoms with Gasteiger partial charge in [0.15, 0.2) is 0 Å². The van der Waals surface area contributed by atoms with E-state index in [0.29, 0.717) is 12.5 Å². The molecule has 0 bridgehead atoms. The molecule has 0 aliphatic heterocycles. The SMILES string of the molecule is CC(C)C(C)(C)c1ccc(CN(CC(=O)O)CC(=O)O)cc1. The van der Waals surface area contributed by atoms with Crippen LogP contribution in [0.4, 0.5) is 0 Å². The van der Waals surface area contributed by atoms with Crippen LogP contribution in [0.1, 0.15) is 38.8 Å². The predicted octanol–water partition coefficient (Wildman–Crippen LogP) is 2.59. The Morgan fingerprint density at radius 3 is 1.86 bits per heavy atom. The molecule has 122 valence electrons. The topological polar surface area (TPSA) is 77.8 Å². The zero-order valence-corrected chi connectivity index (χ0v) is 13.7. The molecule has 0 aromatic heterocycles. The summed E-state index contributed by atoms with van der Waals surface area (Å²) in [6, 6.07) is 7.95. The number of carboxylic acid groups (broad SMARTS) is 2. The normalized spacial score (nSPS) is 11.9. The number of carboxylic acids is 2. The van der Waals surface area contributed by atoms with E-state index in [-0.39, 0.29) is 18.5 Å². The third kappa shape index (κ3) is 5.15. The smallest absolute Gasteiger partial charge is 0.317 e. The van der Waals surface area contributed by atoms with E-state index in [0.717, 1.165) is 5.56 Å². The molecule has 0 saturated heterocycles. The van der Waals surface area contributed by atoms with Gasteiger partial charge in [0, 0.05) is 6.54 Å². The highest BCUT2D eigenvalue weighted by molar-refractivity contribution is 5.72. The molecule has 0 amide bonds. The third-order valence-corrected chi connectivity index (χ3v) is 4.27. The number of aliphatic carboxylic acids is 2. The molecule has 2 N–H and O–H groups in total. The molecule has 1 aromatic rings. The van der Waals surface area contributed by atoms with Gasteiger partial charge in [-0.2, -0.15) is 0 Å². The van der Waals surface area contributed by atoms with Crippen molar-refractivity contribution in [3.63, 3.8) is 0 Å². The molecule has 0 aliphatic carbocycles. The van der Waals surface area contributed by atoms with Gasteiger partial charge in [-0.1, -0.05) is 52.0 Å². The number of benzene rings is 1. The highest BCUT2D eigenvalue weighted by atomic mass is 16.4. The molecular weight excluding hydrogens is 282 g/mol. The largest absolute Gasteiger partial charge is 0.480 e. The summed E-state index contributed by atoms with van der Waals surface area (Å²) in [6.45, 7) is 8.46. The number of hydrogen-bond acceptors (Lipinski definition) is 3. The van der Waals surface area contributed by atoms with Crippen molar-refractivity contribution in [2.45, 2.75) is 39.7 Å². The Morgan fingerprint density at radius 2 is 1.50 bits per heavy atom. The van der Waals surface area contributed by atoms with Crippen molar-refractivity contribution in [3.8, 4) is 0 Å². The second-order valence-electron chi connectivity index (χ2n) is 6.51. The maximum Gasteiger partial charge on any atom is 0.317 e. The lowest BCUT2D eigenvalue weighted by atomic mass is 9.75. The first kappa shape index (κ1) is 18.2. The lowest BCUT2D eigenvalue weighted by Crippen LogP contribution is -2.34. The van der Waals surface area contributed by atoms with Crippen molar-refractivity contribution >= 4 is 11.9 Å². The lowest BCUT2D eigenvalue weighted by Gasteiger charge is -2.30. The summed E-state index contributed by atoms with van der Waals surface area (Å²) in [5.74, 6) is -1.56. The quantitative estimate of drug-likeness (QED) is 0.772. The van der Waals surface area contributed by atoms with E-state index in [9.17, 15) is 9.59 Å². The van der Waals surface area contributed by atoms with Crippen LogP contribution in [0.5, 0.6) is 0 Å². The Kier molecular flexibility index (Phi) is 6.11. The zero-order chi connectivity index (χ0) is 16.9. The molecule has 1 aromatic carbocycles. The van der Waals surface area contributed by atoms with Gasteiger partial charge in [-0.25, -0.2) is 0 Å². The maximum absolute atomic E-state index is 10.8. The van der Waals surface area contributed by atoms with E-state index in [1.807, 2.05) is 24.3 Å². The van der Waals surface area contributed by atoms with Crippen LogP contribution < -0.4 is 0 Å². The van der Waals surface area contributed by atoms with Gasteiger partial charge in [-0.3, -0.25) is 14.5 Å². The predicted molar refractivity (Wildman–Crippen MR) is 84.9 cm³/mol. The molecule has 0 heterocycles. The van der Waals surface area contributed by atoms with Crippen LogP contribution in [0.25, 0.3) is 0 Å². The van der Waals surface area contributed by atoms with E-state index in [1.165, 1.54) is 10.5 Å². The standard InChI is InChI=1S/C17H25NO4/c1-12(2)17(3,4)14-7-5-13(6-8-14)9-18(10-15(19)20)11-16(21)22/h5-8,12H,9-11H2,1-4H3,(H,19,20)(H,21,22). The lowest BCUT2D eigenvalue weighted by molar-refractivity contribution is -0.142. The van der Waals surface area contributed by atoms with E-state index in [1.54, 1.807) is 0 Å². The summed E-state index contributed by atoms with van der Waals surface area (Å²) < 4.78 is 0. The maximum atomic E-state index is 10.8. The summed E-state index contributed by atoms with van der Waals surface area (Å²) in [7, 11) is 0. The second kappa shape index (κ2) is 7.40. The van der Waals surface area contributed by atoms with Crippen LogP contribution >= 0.6 is 0 Å². The summed E-state index contributed by atoms with van der Waals surface area (Å²) in [5.41, 5.74) is 2.18. The number of nitrogens with zero attached hydrogens (tertiary/aromatic N) is 1. The fraction of sp³-hybridized carbons (Fsp3) is 0.529. The van der Waals surface area contributed by atoms with E-state index >= 15 is 0 Å². The summed E-state index contributed by atoms with van der Waals surface area (Å²) in [4.78, 5) is 23.0. The monoisotopic (exact) mass is 307 g/mol. The first-order valence-electron chi connectivity index (χ1n) is 7.38. The van der Waals surface area contributed by atoms with Crippen molar-refractivity contribution in [3.05, 3.63) is 35.4 Å². The van der Waals surface area contributed by atoms with Crippen molar-refractivity contribution in [1.82, 2.24) is 4.90 Å². The molecular formula is C17H25NO4. The van der Waals surface area contributed by atoms with Gasteiger partial charge in [0.1, 0.15) is 0 Å². The van der Waals surface area contributed by atoms with Crippen molar-refractivity contribution in [1.29, 1.82) is 0 Å². The highest BCUT2D eigenvalue weighted by Gasteiger charge is 2.24. The molecule has 0 radical (unpaired) electrons. The second-order valence-corrected chi connectivity index (χ2v) is 6.51. The Hall–Kier alpha value is -1.88. The van der Waals surface area contributed by atoms with Gasteiger partial charge in [0.05, 0.1) is 13.1 Å². The van der Waals surface area contributed by atoms with E-state index in [4.69, 9.17) is 10.2 Å². The molecule has 22 heavy (non-hydrogen) atoms. The van der Waals surface area contributed by atoms with E-state index in [2.05, 4.69) is 27.7 Å². The van der Waals surface area contributed by atoms with Gasteiger partial charge in [0.25, 0.3) is 0 Å². The zero-order valence-electron chi connectivity index (χ0n) is 13.7. The number of carbonyl (C=O) groups is 2. The molecule has 1 rings (SSSR count). The molecule has 0 atom stereocenters. The van der Waals surface area contributed by atoms with Crippen LogP contribution in [0.2, 0.25) is 0 Å². The van der Waals surface area contributed by atoms with Gasteiger partial charge < -0.3 is 10.2 Å². The minimum absolute atomic E-state index is 0.0559. The van der Waals surface area contributed by atoms with Crippen molar-refractivity contribution in [2.24, 2.45) is 5.92 Å². The molecule has 0 spiro atoms.